The maximum Gasteiger partial charge on any atom is 0.337 e. The Kier molecular flexibility index (Phi) is 3.78. The van der Waals surface area contributed by atoms with Gasteiger partial charge < -0.3 is 15.5 Å². The second-order valence-electron chi connectivity index (χ2n) is 5.00. The molecule has 1 heterocycles. The molecule has 0 spiro atoms. The van der Waals surface area contributed by atoms with Gasteiger partial charge in [0.1, 0.15) is 5.52 Å². The zero-order chi connectivity index (χ0) is 15.8. The van der Waals surface area contributed by atoms with Gasteiger partial charge in [-0.15, -0.1) is 0 Å². The largest absolute Gasteiger partial charge is 0.479 e. The van der Waals surface area contributed by atoms with E-state index in [-0.39, 0.29) is 12.1 Å². The van der Waals surface area contributed by atoms with Crippen molar-refractivity contribution in [3.05, 3.63) is 35.5 Å². The van der Waals surface area contributed by atoms with E-state index in [0.717, 1.165) is 13.0 Å². The predicted octanol–water partition coefficient (Wildman–Crippen LogP) is 2.07. The Balaban J connectivity index is 2.45. The highest BCUT2D eigenvalue weighted by Crippen LogP contribution is 2.27. The van der Waals surface area contributed by atoms with Crippen LogP contribution in [0, 0.1) is 18.6 Å². The van der Waals surface area contributed by atoms with Gasteiger partial charge in [-0.25, -0.2) is 18.6 Å². The molecule has 112 valence electrons. The lowest BCUT2D eigenvalue weighted by atomic mass is 10.1. The Hall–Kier alpha value is -2.28. The molecule has 0 bridgehead atoms. The number of halogens is 2. The van der Waals surface area contributed by atoms with Crippen molar-refractivity contribution in [1.29, 1.82) is 0 Å². The molecular weight excluding hydrogens is 282 g/mol. The monoisotopic (exact) mass is 296 g/mol. The summed E-state index contributed by atoms with van der Waals surface area (Å²) in [5.74, 6) is -3.46. The van der Waals surface area contributed by atoms with Crippen LogP contribution in [0.4, 0.5) is 14.5 Å². The first-order valence-electron chi connectivity index (χ1n) is 6.17. The van der Waals surface area contributed by atoms with Crippen LogP contribution in [-0.2, 0) is 4.79 Å². The SMILES string of the molecule is Cc1cc(NCC(C)(O)C(=O)O)c2ccc(F)c(F)c2n1. The van der Waals surface area contributed by atoms with Gasteiger partial charge in [-0.2, -0.15) is 0 Å². The highest BCUT2D eigenvalue weighted by molar-refractivity contribution is 5.92. The van der Waals surface area contributed by atoms with Gasteiger partial charge in [0.2, 0.25) is 0 Å². The van der Waals surface area contributed by atoms with Gasteiger partial charge in [-0.1, -0.05) is 0 Å². The Morgan fingerprint density at radius 1 is 1.43 bits per heavy atom. The molecule has 2 rings (SSSR count). The molecule has 1 aromatic heterocycles. The lowest BCUT2D eigenvalue weighted by molar-refractivity contribution is -0.155. The van der Waals surface area contributed by atoms with E-state index in [0.29, 0.717) is 16.8 Å². The number of aliphatic hydroxyl groups is 1. The highest BCUT2D eigenvalue weighted by Gasteiger charge is 2.29. The number of rotatable bonds is 4. The zero-order valence-corrected chi connectivity index (χ0v) is 11.4. The van der Waals surface area contributed by atoms with Crippen molar-refractivity contribution in [1.82, 2.24) is 4.98 Å². The lowest BCUT2D eigenvalue weighted by Gasteiger charge is -2.20. The topological polar surface area (TPSA) is 82.5 Å². The maximum atomic E-state index is 13.8. The number of carboxylic acid groups (broad SMARTS) is 1. The molecule has 2 aromatic rings. The molecule has 7 heteroatoms. The number of nitrogens with zero attached hydrogens (tertiary/aromatic N) is 1. The molecule has 0 aliphatic carbocycles. The van der Waals surface area contributed by atoms with E-state index in [2.05, 4.69) is 10.3 Å². The average molecular weight is 296 g/mol. The van der Waals surface area contributed by atoms with Crippen LogP contribution in [0.2, 0.25) is 0 Å². The van der Waals surface area contributed by atoms with Crippen molar-refractivity contribution in [2.45, 2.75) is 19.4 Å². The number of hydrogen-bond acceptors (Lipinski definition) is 4. The fraction of sp³-hybridized carbons (Fsp3) is 0.286. The molecular formula is C14H14F2N2O3. The molecule has 5 nitrogen and oxygen atoms in total. The number of pyridine rings is 1. The van der Waals surface area contributed by atoms with Crippen molar-refractivity contribution in [3.8, 4) is 0 Å². The number of nitrogens with one attached hydrogen (secondary N) is 1. The number of carboxylic acids is 1. The van der Waals surface area contributed by atoms with Crippen LogP contribution in [0.25, 0.3) is 10.9 Å². The number of benzene rings is 1. The van der Waals surface area contributed by atoms with Crippen LogP contribution in [0.5, 0.6) is 0 Å². The number of carbonyl (C=O) groups is 1. The summed E-state index contributed by atoms with van der Waals surface area (Å²) in [6.45, 7) is 2.45. The third kappa shape index (κ3) is 2.92. The minimum absolute atomic E-state index is 0.146. The molecule has 0 saturated heterocycles. The van der Waals surface area contributed by atoms with Crippen LogP contribution in [-0.4, -0.2) is 33.3 Å². The van der Waals surface area contributed by atoms with Crippen LogP contribution >= 0.6 is 0 Å². The molecule has 3 N–H and O–H groups in total. The van der Waals surface area contributed by atoms with Crippen molar-refractivity contribution >= 4 is 22.6 Å². The number of anilines is 1. The first-order valence-corrected chi connectivity index (χ1v) is 6.17. The molecule has 0 fully saturated rings. The van der Waals surface area contributed by atoms with E-state index in [1.54, 1.807) is 13.0 Å². The molecule has 1 unspecified atom stereocenters. The minimum Gasteiger partial charge on any atom is -0.479 e. The van der Waals surface area contributed by atoms with E-state index in [4.69, 9.17) is 5.11 Å². The van der Waals surface area contributed by atoms with Gasteiger partial charge in [0.25, 0.3) is 0 Å². The molecule has 21 heavy (non-hydrogen) atoms. The Morgan fingerprint density at radius 3 is 2.71 bits per heavy atom. The summed E-state index contributed by atoms with van der Waals surface area (Å²) in [5.41, 5.74) is -1.32. The molecule has 0 aliphatic heterocycles. The second kappa shape index (κ2) is 5.25. The fourth-order valence-corrected chi connectivity index (χ4v) is 1.85. The standard InChI is InChI=1S/C14H14F2N2O3/c1-7-5-10(17-6-14(2,21)13(19)20)8-3-4-9(15)11(16)12(8)18-7/h3-5,21H,6H2,1-2H3,(H,17,18)(H,19,20). The fourth-order valence-electron chi connectivity index (χ4n) is 1.85. The van der Waals surface area contributed by atoms with Crippen LogP contribution in [0.15, 0.2) is 18.2 Å². The van der Waals surface area contributed by atoms with E-state index >= 15 is 0 Å². The van der Waals surface area contributed by atoms with Gasteiger partial charge in [-0.3, -0.25) is 0 Å². The zero-order valence-electron chi connectivity index (χ0n) is 11.4. The summed E-state index contributed by atoms with van der Waals surface area (Å²) in [7, 11) is 0. The molecule has 1 atom stereocenters. The number of hydrogen-bond donors (Lipinski definition) is 3. The molecule has 0 aliphatic rings. The third-order valence-electron chi connectivity index (χ3n) is 3.08. The maximum absolute atomic E-state index is 13.8. The summed E-state index contributed by atoms with van der Waals surface area (Å²) < 4.78 is 27.0. The average Bonchev–Trinajstić information content (AvgIpc) is 2.40. The summed E-state index contributed by atoms with van der Waals surface area (Å²) in [5, 5.41) is 21.6. The molecule has 0 saturated carbocycles. The van der Waals surface area contributed by atoms with E-state index < -0.39 is 23.2 Å². The van der Waals surface area contributed by atoms with Gasteiger partial charge in [-0.05, 0) is 32.0 Å². The number of aryl methyl sites for hydroxylation is 1. The lowest BCUT2D eigenvalue weighted by Crippen LogP contribution is -2.41. The van der Waals surface area contributed by atoms with Crippen molar-refractivity contribution in [2.24, 2.45) is 0 Å². The molecule has 1 aromatic carbocycles. The van der Waals surface area contributed by atoms with Crippen molar-refractivity contribution < 1.29 is 23.8 Å². The van der Waals surface area contributed by atoms with Gasteiger partial charge in [0.15, 0.2) is 17.2 Å². The predicted molar refractivity (Wildman–Crippen MR) is 73.1 cm³/mol. The van der Waals surface area contributed by atoms with E-state index in [1.807, 2.05) is 0 Å². The summed E-state index contributed by atoms with van der Waals surface area (Å²) in [4.78, 5) is 14.8. The normalized spacial score (nSPS) is 14.0. The quantitative estimate of drug-likeness (QED) is 0.804. The Bertz CT molecular complexity index is 717. The Labute approximate surface area is 119 Å². The number of aliphatic carboxylic acids is 1. The summed E-state index contributed by atoms with van der Waals surface area (Å²) in [6, 6.07) is 3.88. The van der Waals surface area contributed by atoms with Gasteiger partial charge in [0.05, 0.1) is 6.54 Å². The summed E-state index contributed by atoms with van der Waals surface area (Å²) in [6.07, 6.45) is 0. The van der Waals surface area contributed by atoms with Crippen molar-refractivity contribution in [2.75, 3.05) is 11.9 Å². The van der Waals surface area contributed by atoms with E-state index in [9.17, 15) is 18.7 Å². The molecule has 0 amide bonds. The van der Waals surface area contributed by atoms with Gasteiger partial charge in [0, 0.05) is 16.8 Å². The molecule has 0 radical (unpaired) electrons. The third-order valence-corrected chi connectivity index (χ3v) is 3.08. The number of aromatic nitrogens is 1. The van der Waals surface area contributed by atoms with Gasteiger partial charge >= 0.3 is 5.97 Å². The van der Waals surface area contributed by atoms with Crippen LogP contribution in [0.1, 0.15) is 12.6 Å². The first kappa shape index (κ1) is 15.1. The first-order chi connectivity index (χ1) is 9.72. The highest BCUT2D eigenvalue weighted by atomic mass is 19.2. The second-order valence-corrected chi connectivity index (χ2v) is 5.00. The van der Waals surface area contributed by atoms with E-state index in [1.165, 1.54) is 6.07 Å². The van der Waals surface area contributed by atoms with Crippen LogP contribution < -0.4 is 5.32 Å². The van der Waals surface area contributed by atoms with Crippen LogP contribution in [0.3, 0.4) is 0 Å². The number of fused-ring (bicyclic) bond motifs is 1. The summed E-state index contributed by atoms with van der Waals surface area (Å²) >= 11 is 0. The smallest absolute Gasteiger partial charge is 0.337 e. The minimum atomic E-state index is -1.98. The van der Waals surface area contributed by atoms with Crippen molar-refractivity contribution in [3.63, 3.8) is 0 Å². The Morgan fingerprint density at radius 2 is 2.10 bits per heavy atom.